The van der Waals surface area contributed by atoms with E-state index in [1.54, 1.807) is 16.6 Å². The average molecular weight is 461 g/mol. The Kier molecular flexibility index (Phi) is 5.98. The SMILES string of the molecule is CCOC(=O)N1CC2(CCC(N3CCN(c4ncccc4-c4nncs4)C[C@@H]3CF)C2)C1. The zero-order chi connectivity index (χ0) is 22.1. The van der Waals surface area contributed by atoms with Gasteiger partial charge in [-0.15, -0.1) is 10.2 Å². The lowest BCUT2D eigenvalue weighted by molar-refractivity contribution is -0.00577. The fraction of sp³-hybridized carbons (Fsp3) is 0.636. The van der Waals surface area contributed by atoms with Gasteiger partial charge in [0.2, 0.25) is 0 Å². The number of likely N-dealkylation sites (tertiary alicyclic amines) is 1. The second-order valence-electron chi connectivity index (χ2n) is 9.06. The van der Waals surface area contributed by atoms with Gasteiger partial charge < -0.3 is 14.5 Å². The second-order valence-corrected chi connectivity index (χ2v) is 9.90. The number of carbonyl (C=O) groups excluding carboxylic acids is 1. The Morgan fingerprint density at radius 1 is 1.38 bits per heavy atom. The van der Waals surface area contributed by atoms with E-state index in [4.69, 9.17) is 4.74 Å². The summed E-state index contributed by atoms with van der Waals surface area (Å²) >= 11 is 1.49. The first-order valence-electron chi connectivity index (χ1n) is 11.3. The number of ether oxygens (including phenoxy) is 1. The molecule has 1 aliphatic carbocycles. The predicted octanol–water partition coefficient (Wildman–Crippen LogP) is 3.07. The fourth-order valence-electron chi connectivity index (χ4n) is 5.64. The van der Waals surface area contributed by atoms with Crippen molar-refractivity contribution in [3.8, 4) is 10.6 Å². The molecule has 10 heteroatoms. The Balaban J connectivity index is 1.24. The summed E-state index contributed by atoms with van der Waals surface area (Å²) in [5, 5.41) is 8.99. The summed E-state index contributed by atoms with van der Waals surface area (Å²) < 4.78 is 19.3. The summed E-state index contributed by atoms with van der Waals surface area (Å²) in [6.45, 7) is 5.61. The van der Waals surface area contributed by atoms with Gasteiger partial charge in [-0.05, 0) is 38.3 Å². The zero-order valence-electron chi connectivity index (χ0n) is 18.3. The maximum atomic E-state index is 14.2. The largest absolute Gasteiger partial charge is 0.450 e. The smallest absolute Gasteiger partial charge is 0.409 e. The highest BCUT2D eigenvalue weighted by Crippen LogP contribution is 2.48. The Bertz CT molecular complexity index is 938. The number of amides is 1. The first kappa shape index (κ1) is 21.5. The normalized spacial score (nSPS) is 25.2. The van der Waals surface area contributed by atoms with E-state index in [1.807, 2.05) is 19.1 Å². The predicted molar refractivity (Wildman–Crippen MR) is 120 cm³/mol. The number of nitrogens with zero attached hydrogens (tertiary/aromatic N) is 6. The molecule has 3 fully saturated rings. The second kappa shape index (κ2) is 8.90. The van der Waals surface area contributed by atoms with E-state index < -0.39 is 0 Å². The van der Waals surface area contributed by atoms with Gasteiger partial charge >= 0.3 is 6.09 Å². The third kappa shape index (κ3) is 3.94. The van der Waals surface area contributed by atoms with E-state index in [2.05, 4.69) is 25.0 Å². The van der Waals surface area contributed by atoms with Crippen LogP contribution >= 0.6 is 11.3 Å². The number of alkyl halides is 1. The van der Waals surface area contributed by atoms with Crippen LogP contribution in [0, 0.1) is 5.41 Å². The molecule has 3 aliphatic rings. The van der Waals surface area contributed by atoms with Crippen molar-refractivity contribution in [2.24, 2.45) is 5.41 Å². The number of piperazine rings is 1. The van der Waals surface area contributed by atoms with Gasteiger partial charge in [0, 0.05) is 50.4 Å². The van der Waals surface area contributed by atoms with Crippen LogP contribution in [-0.2, 0) is 4.74 Å². The molecular formula is C22H29FN6O2S. The lowest BCUT2D eigenvalue weighted by atomic mass is 9.78. The van der Waals surface area contributed by atoms with Gasteiger partial charge in [0.05, 0.1) is 18.2 Å². The molecule has 0 radical (unpaired) electrons. The molecule has 4 heterocycles. The molecule has 2 saturated heterocycles. The molecule has 2 aromatic heterocycles. The van der Waals surface area contributed by atoms with E-state index in [0.29, 0.717) is 19.2 Å². The molecule has 0 N–H and O–H groups in total. The van der Waals surface area contributed by atoms with Crippen molar-refractivity contribution in [3.63, 3.8) is 0 Å². The van der Waals surface area contributed by atoms with Gasteiger partial charge in [-0.1, -0.05) is 11.3 Å². The van der Waals surface area contributed by atoms with Gasteiger partial charge in [-0.3, -0.25) is 4.90 Å². The van der Waals surface area contributed by atoms with Gasteiger partial charge in [0.15, 0.2) is 5.01 Å². The van der Waals surface area contributed by atoms with Crippen LogP contribution in [0.3, 0.4) is 0 Å². The fourth-order valence-corrected chi connectivity index (χ4v) is 6.22. The minimum Gasteiger partial charge on any atom is -0.450 e. The van der Waals surface area contributed by atoms with E-state index in [0.717, 1.165) is 61.8 Å². The molecule has 0 bridgehead atoms. The molecule has 1 saturated carbocycles. The topological polar surface area (TPSA) is 74.7 Å². The number of hydrogen-bond acceptors (Lipinski definition) is 8. The molecule has 2 atom stereocenters. The van der Waals surface area contributed by atoms with Crippen LogP contribution in [0.1, 0.15) is 26.2 Å². The van der Waals surface area contributed by atoms with Crippen molar-refractivity contribution in [1.29, 1.82) is 0 Å². The molecule has 1 spiro atoms. The highest BCUT2D eigenvalue weighted by Gasteiger charge is 2.52. The minimum atomic E-state index is -0.379. The summed E-state index contributed by atoms with van der Waals surface area (Å²) in [6.07, 6.45) is 4.75. The van der Waals surface area contributed by atoms with Gasteiger partial charge in [0.1, 0.15) is 18.0 Å². The van der Waals surface area contributed by atoms with Crippen LogP contribution in [0.25, 0.3) is 10.6 Å². The van der Waals surface area contributed by atoms with E-state index in [9.17, 15) is 9.18 Å². The van der Waals surface area contributed by atoms with Crippen LogP contribution in [0.5, 0.6) is 0 Å². The molecule has 172 valence electrons. The summed E-state index contributed by atoms with van der Waals surface area (Å²) in [6, 6.07) is 4.12. The quantitative estimate of drug-likeness (QED) is 0.679. The number of hydrogen-bond donors (Lipinski definition) is 0. The van der Waals surface area contributed by atoms with Crippen LogP contribution in [-0.4, -0.2) is 89.2 Å². The third-order valence-corrected chi connectivity index (χ3v) is 7.83. The van der Waals surface area contributed by atoms with Crippen molar-refractivity contribution in [1.82, 2.24) is 25.0 Å². The molecule has 1 amide bonds. The van der Waals surface area contributed by atoms with Gasteiger partial charge in [-0.25, -0.2) is 14.2 Å². The van der Waals surface area contributed by atoms with Gasteiger partial charge in [-0.2, -0.15) is 0 Å². The average Bonchev–Trinajstić information content (AvgIpc) is 3.48. The molecule has 32 heavy (non-hydrogen) atoms. The highest BCUT2D eigenvalue weighted by atomic mass is 32.1. The highest BCUT2D eigenvalue weighted by molar-refractivity contribution is 7.12. The van der Waals surface area contributed by atoms with E-state index in [1.165, 1.54) is 11.3 Å². The third-order valence-electron chi connectivity index (χ3n) is 7.11. The van der Waals surface area contributed by atoms with Crippen molar-refractivity contribution in [2.45, 2.75) is 38.3 Å². The molecule has 2 aromatic rings. The van der Waals surface area contributed by atoms with Crippen molar-refractivity contribution in [2.75, 3.05) is 50.9 Å². The number of halogens is 1. The lowest BCUT2D eigenvalue weighted by Crippen LogP contribution is -2.60. The molecular weight excluding hydrogens is 431 g/mol. The minimum absolute atomic E-state index is 0.158. The Morgan fingerprint density at radius 3 is 3.00 bits per heavy atom. The van der Waals surface area contributed by atoms with Crippen LogP contribution in [0.15, 0.2) is 23.8 Å². The Labute approximate surface area is 191 Å². The number of carbonyl (C=O) groups is 1. The molecule has 2 aliphatic heterocycles. The van der Waals surface area contributed by atoms with E-state index >= 15 is 0 Å². The standard InChI is InChI=1S/C22H29FN6O2S/c1-2-31-21(30)28-13-22(14-28)6-5-16(10-22)29-9-8-27(12-17(29)11-23)19-18(4-3-7-24-19)20-26-25-15-32-20/h3-4,7,15-17H,2,5-6,8-14H2,1H3/t16?,17-/m0/s1. The van der Waals surface area contributed by atoms with Crippen LogP contribution in [0.2, 0.25) is 0 Å². The monoisotopic (exact) mass is 460 g/mol. The Hall–Kier alpha value is -2.33. The summed E-state index contributed by atoms with van der Waals surface area (Å²) in [5.74, 6) is 0.856. The molecule has 8 nitrogen and oxygen atoms in total. The maximum absolute atomic E-state index is 14.2. The number of pyridine rings is 1. The molecule has 0 aromatic carbocycles. The number of anilines is 1. The number of aromatic nitrogens is 3. The summed E-state index contributed by atoms with van der Waals surface area (Å²) in [5.41, 5.74) is 2.85. The number of rotatable bonds is 5. The summed E-state index contributed by atoms with van der Waals surface area (Å²) in [4.78, 5) is 22.9. The van der Waals surface area contributed by atoms with Crippen molar-refractivity contribution < 1.29 is 13.9 Å². The Morgan fingerprint density at radius 2 is 2.25 bits per heavy atom. The van der Waals surface area contributed by atoms with E-state index in [-0.39, 0.29) is 24.2 Å². The van der Waals surface area contributed by atoms with Crippen LogP contribution < -0.4 is 4.90 Å². The first-order valence-corrected chi connectivity index (χ1v) is 12.2. The zero-order valence-corrected chi connectivity index (χ0v) is 19.1. The van der Waals surface area contributed by atoms with Crippen molar-refractivity contribution in [3.05, 3.63) is 23.8 Å². The molecule has 1 unspecified atom stereocenters. The van der Waals surface area contributed by atoms with Crippen molar-refractivity contribution >= 4 is 23.2 Å². The summed E-state index contributed by atoms with van der Waals surface area (Å²) in [7, 11) is 0. The van der Waals surface area contributed by atoms with Crippen LogP contribution in [0.4, 0.5) is 15.0 Å². The first-order chi connectivity index (χ1) is 15.6. The maximum Gasteiger partial charge on any atom is 0.409 e. The van der Waals surface area contributed by atoms with Gasteiger partial charge in [0.25, 0.3) is 0 Å². The molecule has 5 rings (SSSR count). The lowest BCUT2D eigenvalue weighted by Gasteiger charge is -2.49.